The molecule has 0 radical (unpaired) electrons. The number of aliphatic hydroxyl groups excluding tert-OH is 1. The Balaban J connectivity index is 1.81. The summed E-state index contributed by atoms with van der Waals surface area (Å²) in [5.74, 6) is 0. The lowest BCUT2D eigenvalue weighted by Crippen LogP contribution is -2.14. The van der Waals surface area contributed by atoms with Crippen molar-refractivity contribution in [1.82, 2.24) is 15.0 Å². The monoisotopic (exact) mass is 425 g/mol. The van der Waals surface area contributed by atoms with Crippen LogP contribution in [0.3, 0.4) is 0 Å². The van der Waals surface area contributed by atoms with Gasteiger partial charge in [-0.15, -0.1) is 5.10 Å². The Morgan fingerprint density at radius 3 is 2.41 bits per heavy atom. The zero-order valence-corrected chi connectivity index (χ0v) is 16.8. The first-order chi connectivity index (χ1) is 12.9. The third kappa shape index (κ3) is 5.43. The Kier molecular flexibility index (Phi) is 6.73. The molecule has 0 aliphatic rings. The summed E-state index contributed by atoms with van der Waals surface area (Å²) < 4.78 is 7.75. The molecule has 1 N–H and O–H groups in total. The normalized spacial score (nSPS) is 13.5. The molecule has 0 saturated carbocycles. The van der Waals surface area contributed by atoms with E-state index >= 15 is 0 Å². The minimum absolute atomic E-state index is 0.374. The predicted octanol–water partition coefficient (Wildman–Crippen LogP) is 5.25. The van der Waals surface area contributed by atoms with Gasteiger partial charge in [0.1, 0.15) is 11.8 Å². The smallest absolute Gasteiger partial charge is 0.111 e. The van der Waals surface area contributed by atoms with Crippen molar-refractivity contribution in [2.45, 2.75) is 32.3 Å². The Morgan fingerprint density at radius 1 is 1.07 bits per heavy atom. The molecule has 0 bridgehead atoms. The Labute approximate surface area is 172 Å². The van der Waals surface area contributed by atoms with Crippen molar-refractivity contribution in [2.75, 3.05) is 0 Å². The fourth-order valence-electron chi connectivity index (χ4n) is 2.54. The molecule has 0 aliphatic carbocycles. The van der Waals surface area contributed by atoms with Crippen molar-refractivity contribution in [2.24, 2.45) is 0 Å². The highest BCUT2D eigenvalue weighted by Crippen LogP contribution is 2.30. The van der Waals surface area contributed by atoms with Crippen molar-refractivity contribution < 1.29 is 9.84 Å². The van der Waals surface area contributed by atoms with Gasteiger partial charge in [0.2, 0.25) is 0 Å². The van der Waals surface area contributed by atoms with Gasteiger partial charge in [-0.25, -0.2) is 4.68 Å². The first kappa shape index (κ1) is 20.1. The number of nitrogens with zero attached hydrogens (tertiary/aromatic N) is 3. The highest BCUT2D eigenvalue weighted by atomic mass is 35.5. The van der Waals surface area contributed by atoms with Crippen LogP contribution >= 0.6 is 34.8 Å². The van der Waals surface area contributed by atoms with Gasteiger partial charge in [-0.05, 0) is 36.8 Å². The summed E-state index contributed by atoms with van der Waals surface area (Å²) in [4.78, 5) is 0. The number of hydrogen-bond donors (Lipinski definition) is 1. The summed E-state index contributed by atoms with van der Waals surface area (Å²) in [6.07, 6.45) is 0.618. The molecule has 1 heterocycles. The fourth-order valence-corrected chi connectivity index (χ4v) is 3.20. The first-order valence-electron chi connectivity index (χ1n) is 8.31. The van der Waals surface area contributed by atoms with Crippen LogP contribution in [0.5, 0.6) is 0 Å². The molecule has 1 aromatic heterocycles. The van der Waals surface area contributed by atoms with E-state index in [9.17, 15) is 5.11 Å². The van der Waals surface area contributed by atoms with E-state index in [1.807, 2.05) is 30.3 Å². The van der Waals surface area contributed by atoms with Gasteiger partial charge in [0.25, 0.3) is 0 Å². The van der Waals surface area contributed by atoms with E-state index in [-0.39, 0.29) is 6.10 Å². The molecule has 27 heavy (non-hydrogen) atoms. The van der Waals surface area contributed by atoms with Gasteiger partial charge in [0, 0.05) is 20.6 Å². The second kappa shape index (κ2) is 9.04. The van der Waals surface area contributed by atoms with Crippen LogP contribution in [-0.4, -0.2) is 20.1 Å². The molecule has 3 rings (SSSR count). The summed E-state index contributed by atoms with van der Waals surface area (Å²) in [5, 5.41) is 19.4. The second-order valence-corrected chi connectivity index (χ2v) is 7.41. The van der Waals surface area contributed by atoms with Crippen molar-refractivity contribution in [1.29, 1.82) is 0 Å². The molecule has 142 valence electrons. The zero-order chi connectivity index (χ0) is 19.4. The fraction of sp³-hybridized carbons (Fsp3) is 0.263. The number of halogens is 3. The number of rotatable bonds is 7. The molecule has 0 aliphatic heterocycles. The number of aromatic nitrogens is 3. The lowest BCUT2D eigenvalue weighted by atomic mass is 10.1. The van der Waals surface area contributed by atoms with E-state index in [0.717, 1.165) is 11.1 Å². The van der Waals surface area contributed by atoms with E-state index in [4.69, 9.17) is 39.5 Å². The molecule has 0 spiro atoms. The average Bonchev–Trinajstić information content (AvgIpc) is 3.09. The van der Waals surface area contributed by atoms with E-state index in [1.54, 1.807) is 29.9 Å². The maximum Gasteiger partial charge on any atom is 0.111 e. The number of aliphatic hydroxyl groups is 1. The van der Waals surface area contributed by atoms with E-state index in [0.29, 0.717) is 33.9 Å². The zero-order valence-electron chi connectivity index (χ0n) is 14.5. The summed E-state index contributed by atoms with van der Waals surface area (Å²) in [6.45, 7) is 2.40. The lowest BCUT2D eigenvalue weighted by molar-refractivity contribution is 0.0254. The topological polar surface area (TPSA) is 60.2 Å². The highest BCUT2D eigenvalue weighted by Gasteiger charge is 2.18. The molecule has 3 aromatic rings. The third-order valence-corrected chi connectivity index (χ3v) is 4.83. The highest BCUT2D eigenvalue weighted by molar-refractivity contribution is 6.35. The van der Waals surface area contributed by atoms with Gasteiger partial charge >= 0.3 is 0 Å². The summed E-state index contributed by atoms with van der Waals surface area (Å²) >= 11 is 18.3. The van der Waals surface area contributed by atoms with E-state index in [2.05, 4.69) is 10.3 Å². The van der Waals surface area contributed by atoms with Crippen molar-refractivity contribution in [3.8, 4) is 0 Å². The summed E-state index contributed by atoms with van der Waals surface area (Å²) in [7, 11) is 0. The molecule has 0 fully saturated rings. The third-order valence-electron chi connectivity index (χ3n) is 4.01. The molecular weight excluding hydrogens is 409 g/mol. The van der Waals surface area contributed by atoms with Gasteiger partial charge in [-0.1, -0.05) is 58.2 Å². The number of ether oxygens (including phenoxy) is 1. The maximum absolute atomic E-state index is 9.64. The quantitative estimate of drug-likeness (QED) is 0.560. The Bertz CT molecular complexity index is 897. The Hall–Kier alpha value is -1.63. The van der Waals surface area contributed by atoms with Crippen LogP contribution in [0, 0.1) is 0 Å². The van der Waals surface area contributed by atoms with E-state index < -0.39 is 6.10 Å². The van der Waals surface area contributed by atoms with Crippen LogP contribution in [0.15, 0.2) is 48.7 Å². The molecule has 0 amide bonds. The van der Waals surface area contributed by atoms with Gasteiger partial charge in [-0.3, -0.25) is 0 Å². The minimum atomic E-state index is -0.689. The van der Waals surface area contributed by atoms with Crippen LogP contribution in [0.2, 0.25) is 15.1 Å². The summed E-state index contributed by atoms with van der Waals surface area (Å²) in [6, 6.07) is 12.7. The molecule has 8 heteroatoms. The van der Waals surface area contributed by atoms with Crippen LogP contribution in [0.1, 0.15) is 36.0 Å². The molecule has 0 saturated heterocycles. The number of benzene rings is 2. The minimum Gasteiger partial charge on any atom is -0.387 e. The van der Waals surface area contributed by atoms with Crippen molar-refractivity contribution in [3.05, 3.63) is 80.6 Å². The van der Waals surface area contributed by atoms with E-state index in [1.165, 1.54) is 0 Å². The summed E-state index contributed by atoms with van der Waals surface area (Å²) in [5.41, 5.74) is 2.27. The van der Waals surface area contributed by atoms with Gasteiger partial charge in [0.15, 0.2) is 0 Å². The maximum atomic E-state index is 9.64. The molecule has 5 nitrogen and oxygen atoms in total. The predicted molar refractivity (Wildman–Crippen MR) is 106 cm³/mol. The van der Waals surface area contributed by atoms with Gasteiger partial charge in [0.05, 0.1) is 25.5 Å². The van der Waals surface area contributed by atoms with Crippen molar-refractivity contribution in [3.63, 3.8) is 0 Å². The van der Waals surface area contributed by atoms with Crippen LogP contribution in [0.4, 0.5) is 0 Å². The van der Waals surface area contributed by atoms with Crippen molar-refractivity contribution >= 4 is 34.8 Å². The SMILES string of the molecule is CC(O)c1cn(CC(OCc2ccc(Cl)cc2)c2ccc(Cl)cc2Cl)nn1. The first-order valence-corrected chi connectivity index (χ1v) is 9.45. The number of hydrogen-bond acceptors (Lipinski definition) is 4. The van der Waals surface area contributed by atoms with Crippen LogP contribution < -0.4 is 0 Å². The average molecular weight is 427 g/mol. The van der Waals surface area contributed by atoms with Crippen LogP contribution in [0.25, 0.3) is 0 Å². The lowest BCUT2D eigenvalue weighted by Gasteiger charge is -2.20. The Morgan fingerprint density at radius 2 is 1.78 bits per heavy atom. The van der Waals surface area contributed by atoms with Gasteiger partial charge in [-0.2, -0.15) is 0 Å². The largest absolute Gasteiger partial charge is 0.387 e. The molecule has 2 unspecified atom stereocenters. The molecular formula is C19H18Cl3N3O2. The van der Waals surface area contributed by atoms with Gasteiger partial charge < -0.3 is 9.84 Å². The molecule has 2 aromatic carbocycles. The second-order valence-electron chi connectivity index (χ2n) is 6.13. The standard InChI is InChI=1S/C19H18Cl3N3O2/c1-12(26)18-9-25(24-23-18)10-19(16-7-6-15(21)8-17(16)22)27-11-13-2-4-14(20)5-3-13/h2-9,12,19,26H,10-11H2,1H3. The van der Waals surface area contributed by atoms with Crippen LogP contribution in [-0.2, 0) is 17.9 Å². The molecule has 2 atom stereocenters.